The minimum absolute atomic E-state index is 0.470. The monoisotopic (exact) mass is 405 g/mol. The Kier molecular flexibility index (Phi) is 5.23. The second-order valence-electron chi connectivity index (χ2n) is 6.79. The average molecular weight is 405 g/mol. The van der Waals surface area contributed by atoms with Crippen LogP contribution in [0.2, 0.25) is 0 Å². The number of hydrogen-bond donors (Lipinski definition) is 0. The first-order valence-electron chi connectivity index (χ1n) is 9.50. The first-order chi connectivity index (χ1) is 14.6. The number of hydrogen-bond acceptors (Lipinski definition) is 5. The van der Waals surface area contributed by atoms with E-state index in [1.165, 1.54) is 7.11 Å². The van der Waals surface area contributed by atoms with Crippen molar-refractivity contribution in [2.45, 2.75) is 6.04 Å². The number of fused-ring (bicyclic) bond motifs is 3. The molecule has 0 radical (unpaired) electrons. The van der Waals surface area contributed by atoms with E-state index >= 15 is 0 Å². The average Bonchev–Trinajstić information content (AvgIpc) is 2.81. The highest BCUT2D eigenvalue weighted by atomic mass is 16.5. The minimum atomic E-state index is -0.514. The molecule has 1 heterocycles. The van der Waals surface area contributed by atoms with E-state index in [2.05, 4.69) is 6.07 Å². The second-order valence-corrected chi connectivity index (χ2v) is 6.79. The molecule has 6 heteroatoms. The second kappa shape index (κ2) is 7.99. The Hall–Kier alpha value is -3.67. The van der Waals surface area contributed by atoms with Crippen LogP contribution in [0.25, 0.3) is 11.1 Å². The van der Waals surface area contributed by atoms with Crippen LogP contribution in [0.4, 0.5) is 10.5 Å². The van der Waals surface area contributed by atoms with Gasteiger partial charge in [-0.05, 0) is 17.2 Å². The van der Waals surface area contributed by atoms with Gasteiger partial charge in [0.25, 0.3) is 0 Å². The highest BCUT2D eigenvalue weighted by Crippen LogP contribution is 2.52. The molecule has 0 fully saturated rings. The van der Waals surface area contributed by atoms with Crippen LogP contribution in [0.15, 0.2) is 60.7 Å². The van der Waals surface area contributed by atoms with Crippen molar-refractivity contribution in [3.8, 4) is 28.4 Å². The summed E-state index contributed by atoms with van der Waals surface area (Å²) >= 11 is 0. The Morgan fingerprint density at radius 3 is 2.00 bits per heavy atom. The van der Waals surface area contributed by atoms with Crippen LogP contribution in [-0.4, -0.2) is 34.5 Å². The summed E-state index contributed by atoms with van der Waals surface area (Å²) in [6.07, 6.45) is -0.470. The van der Waals surface area contributed by atoms with Gasteiger partial charge in [-0.3, -0.25) is 4.90 Å². The Balaban J connectivity index is 2.07. The molecular weight excluding hydrogens is 382 g/mol. The lowest BCUT2D eigenvalue weighted by Gasteiger charge is -2.38. The lowest BCUT2D eigenvalue weighted by molar-refractivity contribution is 0.176. The zero-order chi connectivity index (χ0) is 21.3. The number of carbonyl (C=O) groups is 1. The van der Waals surface area contributed by atoms with Crippen molar-refractivity contribution in [1.82, 2.24) is 0 Å². The molecule has 0 spiro atoms. The first kappa shape index (κ1) is 19.6. The van der Waals surface area contributed by atoms with Gasteiger partial charge in [0.2, 0.25) is 0 Å². The van der Waals surface area contributed by atoms with Crippen LogP contribution in [0.1, 0.15) is 17.2 Å². The zero-order valence-corrected chi connectivity index (χ0v) is 17.3. The number of benzene rings is 3. The van der Waals surface area contributed by atoms with Crippen molar-refractivity contribution in [3.05, 3.63) is 71.8 Å². The number of amides is 1. The molecule has 1 amide bonds. The summed E-state index contributed by atoms with van der Waals surface area (Å²) in [5.41, 5.74) is 4.42. The molecular formula is C24H23NO5. The van der Waals surface area contributed by atoms with E-state index in [9.17, 15) is 4.79 Å². The third-order valence-corrected chi connectivity index (χ3v) is 5.37. The van der Waals surface area contributed by atoms with Crippen LogP contribution >= 0.6 is 0 Å². The van der Waals surface area contributed by atoms with Crippen molar-refractivity contribution in [1.29, 1.82) is 0 Å². The Labute approximate surface area is 175 Å². The van der Waals surface area contributed by atoms with E-state index in [1.54, 1.807) is 38.4 Å². The number of methoxy groups -OCH3 is 4. The van der Waals surface area contributed by atoms with Gasteiger partial charge < -0.3 is 18.9 Å². The molecule has 3 aromatic carbocycles. The van der Waals surface area contributed by atoms with E-state index in [1.807, 2.05) is 42.5 Å². The molecule has 154 valence electrons. The quantitative estimate of drug-likeness (QED) is 0.608. The van der Waals surface area contributed by atoms with Crippen LogP contribution in [0.3, 0.4) is 0 Å². The fourth-order valence-corrected chi connectivity index (χ4v) is 4.06. The number of para-hydroxylation sites is 1. The van der Waals surface area contributed by atoms with E-state index in [-0.39, 0.29) is 0 Å². The predicted octanol–water partition coefficient (Wildman–Crippen LogP) is 5.06. The van der Waals surface area contributed by atoms with Gasteiger partial charge in [-0.2, -0.15) is 0 Å². The standard InChI is InChI=1S/C24H23NO5/c1-27-15-13-20(28-2)22(21(14-15)29-3)23-18-11-6-5-9-16(18)17-10-7-8-12-19(17)25(23)24(26)30-4/h5-14,23H,1-4H3. The van der Waals surface area contributed by atoms with Crippen molar-refractivity contribution in [2.24, 2.45) is 0 Å². The predicted molar refractivity (Wildman–Crippen MR) is 115 cm³/mol. The number of nitrogens with zero attached hydrogens (tertiary/aromatic N) is 1. The molecule has 3 aromatic rings. The van der Waals surface area contributed by atoms with E-state index in [0.717, 1.165) is 22.4 Å². The third kappa shape index (κ3) is 3.01. The summed E-state index contributed by atoms with van der Waals surface area (Å²) in [6.45, 7) is 0. The summed E-state index contributed by atoms with van der Waals surface area (Å²) in [6, 6.07) is 18.9. The third-order valence-electron chi connectivity index (χ3n) is 5.37. The number of rotatable bonds is 4. The SMILES string of the molecule is COC(=O)N1c2ccccc2-c2ccccc2C1c1c(OC)cc(OC)cc1OC. The van der Waals surface area contributed by atoms with Crippen molar-refractivity contribution >= 4 is 11.8 Å². The number of ether oxygens (including phenoxy) is 4. The molecule has 1 aliphatic rings. The van der Waals surface area contributed by atoms with Gasteiger partial charge in [0.1, 0.15) is 17.2 Å². The largest absolute Gasteiger partial charge is 0.496 e. The molecule has 0 saturated carbocycles. The van der Waals surface area contributed by atoms with Crippen LogP contribution < -0.4 is 19.1 Å². The van der Waals surface area contributed by atoms with Gasteiger partial charge in [0.15, 0.2) is 0 Å². The summed E-state index contributed by atoms with van der Waals surface area (Å²) < 4.78 is 22.0. The molecule has 0 aliphatic carbocycles. The van der Waals surface area contributed by atoms with Gasteiger partial charge in [-0.15, -0.1) is 0 Å². The smallest absolute Gasteiger partial charge is 0.414 e. The van der Waals surface area contributed by atoms with Gasteiger partial charge in [-0.25, -0.2) is 4.79 Å². The Morgan fingerprint density at radius 1 is 0.800 bits per heavy atom. The van der Waals surface area contributed by atoms with E-state index < -0.39 is 12.1 Å². The number of carbonyl (C=O) groups excluding carboxylic acids is 1. The molecule has 0 N–H and O–H groups in total. The molecule has 0 bridgehead atoms. The summed E-state index contributed by atoms with van der Waals surface area (Å²) in [4.78, 5) is 14.7. The van der Waals surface area contributed by atoms with Gasteiger partial charge >= 0.3 is 6.09 Å². The molecule has 0 saturated heterocycles. The summed E-state index contributed by atoms with van der Waals surface area (Å²) in [7, 11) is 6.14. The van der Waals surface area contributed by atoms with Gasteiger partial charge in [-0.1, -0.05) is 42.5 Å². The van der Waals surface area contributed by atoms with Crippen molar-refractivity contribution in [2.75, 3.05) is 33.3 Å². The van der Waals surface area contributed by atoms with E-state index in [4.69, 9.17) is 18.9 Å². The summed E-state index contributed by atoms with van der Waals surface area (Å²) in [5, 5.41) is 0. The van der Waals surface area contributed by atoms with Gasteiger partial charge in [0, 0.05) is 17.7 Å². The highest BCUT2D eigenvalue weighted by molar-refractivity contribution is 5.99. The molecule has 6 nitrogen and oxygen atoms in total. The first-order valence-corrected chi connectivity index (χ1v) is 9.50. The zero-order valence-electron chi connectivity index (χ0n) is 17.3. The highest BCUT2D eigenvalue weighted by Gasteiger charge is 2.39. The molecule has 4 rings (SSSR count). The Bertz CT molecular complexity index is 1070. The number of anilines is 1. The molecule has 1 atom stereocenters. The van der Waals surface area contributed by atoms with Crippen molar-refractivity contribution < 1.29 is 23.7 Å². The molecule has 0 aromatic heterocycles. The van der Waals surface area contributed by atoms with Gasteiger partial charge in [0.05, 0.1) is 45.7 Å². The lowest BCUT2D eigenvalue weighted by Crippen LogP contribution is -2.38. The topological polar surface area (TPSA) is 57.2 Å². The van der Waals surface area contributed by atoms with E-state index in [0.29, 0.717) is 22.8 Å². The maximum Gasteiger partial charge on any atom is 0.414 e. The fraction of sp³-hybridized carbons (Fsp3) is 0.208. The van der Waals surface area contributed by atoms with Crippen molar-refractivity contribution in [3.63, 3.8) is 0 Å². The van der Waals surface area contributed by atoms with Crippen LogP contribution in [-0.2, 0) is 4.74 Å². The maximum absolute atomic E-state index is 13.0. The lowest BCUT2D eigenvalue weighted by atomic mass is 9.84. The molecule has 1 unspecified atom stereocenters. The molecule has 1 aliphatic heterocycles. The van der Waals surface area contributed by atoms with Crippen LogP contribution in [0.5, 0.6) is 17.2 Å². The Morgan fingerprint density at radius 2 is 1.40 bits per heavy atom. The molecule has 30 heavy (non-hydrogen) atoms. The van der Waals surface area contributed by atoms with Crippen LogP contribution in [0, 0.1) is 0 Å². The summed E-state index contributed by atoms with van der Waals surface area (Å²) in [5.74, 6) is 1.71. The minimum Gasteiger partial charge on any atom is -0.496 e. The fourth-order valence-electron chi connectivity index (χ4n) is 4.06. The maximum atomic E-state index is 13.0. The normalized spacial score (nSPS) is 14.4.